The summed E-state index contributed by atoms with van der Waals surface area (Å²) in [5, 5.41) is 10.5. The zero-order chi connectivity index (χ0) is 18.1. The van der Waals surface area contributed by atoms with E-state index in [9.17, 15) is 9.90 Å². The van der Waals surface area contributed by atoms with Gasteiger partial charge in [-0.15, -0.1) is 0 Å². The highest BCUT2D eigenvalue weighted by atomic mass is 16.5. The van der Waals surface area contributed by atoms with E-state index in [1.807, 2.05) is 19.1 Å². The number of morpholine rings is 1. The second-order valence-electron chi connectivity index (χ2n) is 6.66. The molecule has 0 amide bonds. The first-order chi connectivity index (χ1) is 12.6. The first kappa shape index (κ1) is 16.8. The summed E-state index contributed by atoms with van der Waals surface area (Å²) in [7, 11) is 0. The molecule has 6 nitrogen and oxygen atoms in total. The molecule has 1 saturated heterocycles. The fraction of sp³-hybridized carbons (Fsp3) is 0.300. The van der Waals surface area contributed by atoms with Gasteiger partial charge in [-0.3, -0.25) is 9.78 Å². The molecule has 2 aromatic rings. The Morgan fingerprint density at radius 2 is 2.15 bits per heavy atom. The number of carbonyl (C=O) groups excluding carboxylic acids is 1. The fourth-order valence-corrected chi connectivity index (χ4v) is 3.45. The second-order valence-corrected chi connectivity index (χ2v) is 6.66. The fourth-order valence-electron chi connectivity index (χ4n) is 3.45. The molecule has 26 heavy (non-hydrogen) atoms. The maximum atomic E-state index is 12.9. The summed E-state index contributed by atoms with van der Waals surface area (Å²) in [4.78, 5) is 18.2. The number of fused-ring (bicyclic) bond motifs is 1. The number of carbonyl (C=O) groups is 1. The van der Waals surface area contributed by atoms with Crippen molar-refractivity contribution in [1.82, 2.24) is 4.98 Å². The van der Waals surface area contributed by atoms with Crippen LogP contribution in [-0.2, 0) is 11.3 Å². The van der Waals surface area contributed by atoms with Gasteiger partial charge in [-0.2, -0.15) is 0 Å². The number of hydrogen-bond donors (Lipinski definition) is 2. The minimum atomic E-state index is -0.153. The third-order valence-electron chi connectivity index (χ3n) is 4.83. The van der Waals surface area contributed by atoms with Crippen LogP contribution in [0, 0.1) is 6.92 Å². The molecular weight excluding hydrogens is 332 g/mol. The number of hydrogen-bond acceptors (Lipinski definition) is 5. The van der Waals surface area contributed by atoms with Crippen molar-refractivity contribution in [1.29, 1.82) is 0 Å². The summed E-state index contributed by atoms with van der Waals surface area (Å²) in [6, 6.07) is 5.33. The molecule has 0 bridgehead atoms. The number of nitrogens with zero attached hydrogens (tertiary/aromatic N) is 1. The van der Waals surface area contributed by atoms with Gasteiger partial charge < -0.3 is 19.5 Å². The molecule has 0 atom stereocenters. The molecule has 0 radical (unpaired) electrons. The molecule has 0 unspecified atom stereocenters. The molecule has 0 spiro atoms. The number of aromatic nitrogens is 1. The van der Waals surface area contributed by atoms with Crippen molar-refractivity contribution in [3.05, 3.63) is 58.6 Å². The van der Waals surface area contributed by atoms with Crippen LogP contribution >= 0.6 is 0 Å². The van der Waals surface area contributed by atoms with Gasteiger partial charge in [-0.05, 0) is 36.3 Å². The number of ketones is 1. The molecule has 3 heterocycles. The summed E-state index contributed by atoms with van der Waals surface area (Å²) >= 11 is 0. The van der Waals surface area contributed by atoms with Crippen molar-refractivity contribution in [3.8, 4) is 11.5 Å². The SMILES string of the molecule is Cc1cc(O)c(C[NH+]2CCOCC2)c2c1C(=O)/C(=C/c1cccnc1)O2. The topological polar surface area (TPSA) is 73.1 Å². The third-order valence-corrected chi connectivity index (χ3v) is 4.83. The number of nitrogens with one attached hydrogen (secondary N) is 1. The Bertz CT molecular complexity index is 871. The van der Waals surface area contributed by atoms with Crippen molar-refractivity contribution >= 4 is 11.9 Å². The highest BCUT2D eigenvalue weighted by Crippen LogP contribution is 2.41. The van der Waals surface area contributed by atoms with Crippen molar-refractivity contribution in [2.75, 3.05) is 26.3 Å². The standard InChI is InChI=1S/C20H20N2O4/c1-13-9-16(23)15(12-22-5-7-25-8-6-22)20-18(13)19(24)17(26-20)10-14-3-2-4-21-11-14/h2-4,9-11,23H,5-8,12H2,1H3/p+1/b17-10-. The van der Waals surface area contributed by atoms with E-state index < -0.39 is 0 Å². The van der Waals surface area contributed by atoms with Gasteiger partial charge in [0.05, 0.1) is 24.3 Å². The van der Waals surface area contributed by atoms with E-state index in [1.54, 1.807) is 24.5 Å². The summed E-state index contributed by atoms with van der Waals surface area (Å²) in [6.45, 7) is 5.57. The molecule has 6 heteroatoms. The average molecular weight is 353 g/mol. The molecular formula is C20H21N2O4+. The number of allylic oxidation sites excluding steroid dienone is 1. The lowest BCUT2D eigenvalue weighted by atomic mass is 9.99. The number of aryl methyl sites for hydroxylation is 1. The molecule has 4 rings (SSSR count). The zero-order valence-corrected chi connectivity index (χ0v) is 14.6. The van der Waals surface area contributed by atoms with E-state index in [0.717, 1.165) is 24.2 Å². The third kappa shape index (κ3) is 3.09. The normalized spacial score (nSPS) is 18.8. The number of quaternary nitrogens is 1. The predicted molar refractivity (Wildman–Crippen MR) is 95.2 cm³/mol. The Labute approximate surface area is 151 Å². The lowest BCUT2D eigenvalue weighted by Crippen LogP contribution is -3.12. The van der Waals surface area contributed by atoms with E-state index >= 15 is 0 Å². The van der Waals surface area contributed by atoms with E-state index in [4.69, 9.17) is 9.47 Å². The van der Waals surface area contributed by atoms with Crippen molar-refractivity contribution in [3.63, 3.8) is 0 Å². The Morgan fingerprint density at radius 3 is 2.88 bits per heavy atom. The quantitative estimate of drug-likeness (QED) is 0.810. The molecule has 1 fully saturated rings. The second kappa shape index (κ2) is 6.90. The van der Waals surface area contributed by atoms with E-state index in [0.29, 0.717) is 36.6 Å². The van der Waals surface area contributed by atoms with E-state index in [-0.39, 0.29) is 17.3 Å². The summed E-state index contributed by atoms with van der Waals surface area (Å²) in [6.07, 6.45) is 5.05. The van der Waals surface area contributed by atoms with Crippen molar-refractivity contribution < 1.29 is 24.3 Å². The lowest BCUT2D eigenvalue weighted by molar-refractivity contribution is -0.921. The van der Waals surface area contributed by atoms with Crippen LogP contribution in [-0.4, -0.2) is 42.2 Å². The van der Waals surface area contributed by atoms with Crippen molar-refractivity contribution in [2.45, 2.75) is 13.5 Å². The van der Waals surface area contributed by atoms with Crippen LogP contribution in [0.25, 0.3) is 6.08 Å². The van der Waals surface area contributed by atoms with Crippen LogP contribution in [0.4, 0.5) is 0 Å². The average Bonchev–Trinajstić information content (AvgIpc) is 2.97. The smallest absolute Gasteiger partial charge is 0.232 e. The zero-order valence-electron chi connectivity index (χ0n) is 14.6. The van der Waals surface area contributed by atoms with Crippen LogP contribution < -0.4 is 9.64 Å². The number of rotatable bonds is 3. The van der Waals surface area contributed by atoms with Gasteiger partial charge in [0.25, 0.3) is 0 Å². The van der Waals surface area contributed by atoms with Gasteiger partial charge in [-0.25, -0.2) is 0 Å². The number of phenols is 1. The van der Waals surface area contributed by atoms with Gasteiger partial charge in [0.15, 0.2) is 11.5 Å². The van der Waals surface area contributed by atoms with Gasteiger partial charge in [-0.1, -0.05) is 6.07 Å². The highest BCUT2D eigenvalue weighted by Gasteiger charge is 2.34. The minimum Gasteiger partial charge on any atom is -0.507 e. The van der Waals surface area contributed by atoms with E-state index in [2.05, 4.69) is 4.98 Å². The Balaban J connectivity index is 1.71. The monoisotopic (exact) mass is 353 g/mol. The van der Waals surface area contributed by atoms with E-state index in [1.165, 1.54) is 4.90 Å². The number of Topliss-reactive ketones (excluding diaryl/α,β-unsaturated/α-hetero) is 1. The predicted octanol–water partition coefficient (Wildman–Crippen LogP) is 1.13. The minimum absolute atomic E-state index is 0.153. The Hall–Kier alpha value is -2.70. The molecule has 1 aromatic carbocycles. The van der Waals surface area contributed by atoms with Crippen LogP contribution in [0.5, 0.6) is 11.5 Å². The number of aromatic hydroxyl groups is 1. The first-order valence-electron chi connectivity index (χ1n) is 8.74. The van der Waals surface area contributed by atoms with Crippen LogP contribution in [0.15, 0.2) is 36.4 Å². The maximum absolute atomic E-state index is 12.9. The highest BCUT2D eigenvalue weighted by molar-refractivity contribution is 6.15. The Morgan fingerprint density at radius 1 is 1.35 bits per heavy atom. The maximum Gasteiger partial charge on any atom is 0.232 e. The van der Waals surface area contributed by atoms with Crippen LogP contribution in [0.1, 0.15) is 27.0 Å². The molecule has 1 aromatic heterocycles. The first-order valence-corrected chi connectivity index (χ1v) is 8.74. The summed E-state index contributed by atoms with van der Waals surface area (Å²) in [5.74, 6) is 0.775. The van der Waals surface area contributed by atoms with Gasteiger partial charge in [0, 0.05) is 12.4 Å². The van der Waals surface area contributed by atoms with Gasteiger partial charge in [0.2, 0.25) is 5.78 Å². The number of phenolic OH excluding ortho intramolecular Hbond substituents is 1. The molecule has 0 aliphatic carbocycles. The largest absolute Gasteiger partial charge is 0.507 e. The van der Waals surface area contributed by atoms with Gasteiger partial charge >= 0.3 is 0 Å². The van der Waals surface area contributed by atoms with Crippen LogP contribution in [0.3, 0.4) is 0 Å². The number of benzene rings is 1. The summed E-state index contributed by atoms with van der Waals surface area (Å²) in [5.41, 5.74) is 2.75. The Kier molecular flexibility index (Phi) is 4.44. The molecule has 2 aliphatic rings. The van der Waals surface area contributed by atoms with Crippen LogP contribution in [0.2, 0.25) is 0 Å². The number of ether oxygens (including phenoxy) is 2. The molecule has 2 N–H and O–H groups in total. The van der Waals surface area contributed by atoms with Crippen molar-refractivity contribution in [2.24, 2.45) is 0 Å². The molecule has 134 valence electrons. The van der Waals surface area contributed by atoms with Gasteiger partial charge in [0.1, 0.15) is 25.4 Å². The molecule has 2 aliphatic heterocycles. The summed E-state index contributed by atoms with van der Waals surface area (Å²) < 4.78 is 11.3. The number of pyridine rings is 1. The molecule has 0 saturated carbocycles. The lowest BCUT2D eigenvalue weighted by Gasteiger charge is -2.24.